The SMILES string of the molecule is CCC(C)S(C)(=O)=Nc1nc(C(C)C)c(-c2ccc(F)cc2)c2cc(C=N)c(N)cc12.[HH]. The molecule has 0 amide bonds. The number of aromatic nitrogens is 1. The molecule has 166 valence electrons. The van der Waals surface area contributed by atoms with E-state index in [0.29, 0.717) is 22.5 Å². The Balaban J connectivity index is 0.00000363. The molecule has 0 spiro atoms. The summed E-state index contributed by atoms with van der Waals surface area (Å²) in [5.41, 5.74) is 9.61. The van der Waals surface area contributed by atoms with Gasteiger partial charge < -0.3 is 11.1 Å². The molecule has 0 saturated carbocycles. The molecule has 0 saturated heterocycles. The molecular formula is C24H31FN4OS. The monoisotopic (exact) mass is 442 g/mol. The molecule has 5 nitrogen and oxygen atoms in total. The summed E-state index contributed by atoms with van der Waals surface area (Å²) in [6, 6.07) is 9.85. The molecule has 0 bridgehead atoms. The van der Waals surface area contributed by atoms with Gasteiger partial charge in [-0.3, -0.25) is 0 Å². The lowest BCUT2D eigenvalue weighted by Gasteiger charge is -2.19. The molecule has 2 unspecified atom stereocenters. The van der Waals surface area contributed by atoms with Gasteiger partial charge in [0.05, 0.1) is 15.4 Å². The Bertz CT molecular complexity index is 1270. The van der Waals surface area contributed by atoms with Crippen LogP contribution in [0.3, 0.4) is 0 Å². The average Bonchev–Trinajstić information content (AvgIpc) is 2.73. The quantitative estimate of drug-likeness (QED) is 0.336. The van der Waals surface area contributed by atoms with E-state index in [1.807, 2.05) is 33.8 Å². The van der Waals surface area contributed by atoms with E-state index in [0.717, 1.165) is 28.6 Å². The van der Waals surface area contributed by atoms with Gasteiger partial charge in [0.2, 0.25) is 0 Å². The second kappa shape index (κ2) is 8.75. The zero-order chi connectivity index (χ0) is 22.9. The fourth-order valence-electron chi connectivity index (χ4n) is 3.50. The molecule has 2 atom stereocenters. The zero-order valence-corrected chi connectivity index (χ0v) is 19.4. The molecule has 0 radical (unpaired) electrons. The van der Waals surface area contributed by atoms with Crippen molar-refractivity contribution in [1.29, 1.82) is 5.41 Å². The molecule has 31 heavy (non-hydrogen) atoms. The van der Waals surface area contributed by atoms with E-state index in [9.17, 15) is 8.60 Å². The summed E-state index contributed by atoms with van der Waals surface area (Å²) in [5.74, 6) is 0.110. The molecule has 0 aliphatic rings. The van der Waals surface area contributed by atoms with Crippen LogP contribution >= 0.6 is 0 Å². The van der Waals surface area contributed by atoms with Crippen LogP contribution in [0.15, 0.2) is 40.8 Å². The highest BCUT2D eigenvalue weighted by Crippen LogP contribution is 2.40. The van der Waals surface area contributed by atoms with Crippen molar-refractivity contribution < 1.29 is 10.0 Å². The number of anilines is 1. The molecule has 3 N–H and O–H groups in total. The topological polar surface area (TPSA) is 92.2 Å². The number of nitrogens with one attached hydrogen (secondary N) is 1. The van der Waals surface area contributed by atoms with E-state index >= 15 is 0 Å². The molecule has 3 aromatic rings. The second-order valence-electron chi connectivity index (χ2n) is 8.20. The first-order valence-electron chi connectivity index (χ1n) is 10.3. The number of hydrogen-bond donors (Lipinski definition) is 2. The van der Waals surface area contributed by atoms with E-state index in [-0.39, 0.29) is 18.4 Å². The largest absolute Gasteiger partial charge is 0.398 e. The van der Waals surface area contributed by atoms with Gasteiger partial charge in [-0.2, -0.15) is 4.36 Å². The van der Waals surface area contributed by atoms with E-state index in [4.69, 9.17) is 16.1 Å². The normalized spacial score (nSPS) is 14.4. The highest BCUT2D eigenvalue weighted by Gasteiger charge is 2.21. The highest BCUT2D eigenvalue weighted by molar-refractivity contribution is 7.93. The van der Waals surface area contributed by atoms with E-state index in [1.165, 1.54) is 18.3 Å². The molecule has 3 rings (SSSR count). The standard InChI is InChI=1S/C24H29FN4OS.H2/c1-6-15(4)31(5,30)29-24-20-12-21(27)17(13-26)11-19(20)22(23(28-24)14(2)3)16-7-9-18(25)10-8-16;/h7-15,26H,6,27H2,1-5H3;1H. The van der Waals surface area contributed by atoms with E-state index in [2.05, 4.69) is 4.36 Å². The zero-order valence-electron chi connectivity index (χ0n) is 18.6. The first-order valence-corrected chi connectivity index (χ1v) is 12.3. The van der Waals surface area contributed by atoms with Crippen LogP contribution in [0.4, 0.5) is 15.9 Å². The van der Waals surface area contributed by atoms with Gasteiger partial charge in [0.25, 0.3) is 0 Å². The van der Waals surface area contributed by atoms with Gasteiger partial charge in [-0.25, -0.2) is 13.6 Å². The maximum Gasteiger partial charge on any atom is 0.169 e. The second-order valence-corrected chi connectivity index (χ2v) is 10.9. The van der Waals surface area contributed by atoms with Gasteiger partial charge in [0, 0.05) is 41.3 Å². The third kappa shape index (κ3) is 4.46. The predicted molar refractivity (Wildman–Crippen MR) is 132 cm³/mol. The van der Waals surface area contributed by atoms with Crippen molar-refractivity contribution in [3.8, 4) is 11.1 Å². The molecule has 0 aliphatic heterocycles. The Morgan fingerprint density at radius 2 is 1.87 bits per heavy atom. The first kappa shape index (κ1) is 22.9. The lowest BCUT2D eigenvalue weighted by molar-refractivity contribution is 0.628. The summed E-state index contributed by atoms with van der Waals surface area (Å²) >= 11 is 0. The average molecular weight is 443 g/mol. The third-order valence-corrected chi connectivity index (χ3v) is 8.00. The minimum atomic E-state index is -2.53. The summed E-state index contributed by atoms with van der Waals surface area (Å²) in [7, 11) is -2.53. The molecule has 1 heterocycles. The third-order valence-electron chi connectivity index (χ3n) is 5.64. The Labute approximate surface area is 185 Å². The molecule has 2 aromatic carbocycles. The van der Waals surface area contributed by atoms with Crippen molar-refractivity contribution in [3.05, 3.63) is 53.5 Å². The van der Waals surface area contributed by atoms with Crippen molar-refractivity contribution in [2.45, 2.75) is 45.3 Å². The first-order chi connectivity index (χ1) is 14.6. The summed E-state index contributed by atoms with van der Waals surface area (Å²) < 4.78 is 31.5. The van der Waals surface area contributed by atoms with Crippen LogP contribution in [0.1, 0.15) is 52.7 Å². The van der Waals surface area contributed by atoms with Crippen LogP contribution in [0, 0.1) is 11.2 Å². The van der Waals surface area contributed by atoms with Crippen LogP contribution in [0.25, 0.3) is 21.9 Å². The van der Waals surface area contributed by atoms with Gasteiger partial charge in [-0.05, 0) is 54.5 Å². The summed E-state index contributed by atoms with van der Waals surface area (Å²) in [5, 5.41) is 9.12. The summed E-state index contributed by atoms with van der Waals surface area (Å²) in [4.78, 5) is 4.85. The number of pyridine rings is 1. The maximum absolute atomic E-state index is 13.6. The lowest BCUT2D eigenvalue weighted by Crippen LogP contribution is -2.14. The number of nitrogens with zero attached hydrogens (tertiary/aromatic N) is 2. The van der Waals surface area contributed by atoms with Crippen LogP contribution in [0.2, 0.25) is 0 Å². The Morgan fingerprint density at radius 1 is 1.23 bits per heavy atom. The minimum absolute atomic E-state index is 0. The number of hydrogen-bond acceptors (Lipinski definition) is 5. The molecule has 1 aromatic heterocycles. The van der Waals surface area contributed by atoms with Crippen LogP contribution in [-0.4, -0.2) is 26.9 Å². The molecule has 0 fully saturated rings. The Morgan fingerprint density at radius 3 is 2.42 bits per heavy atom. The number of fused-ring (bicyclic) bond motifs is 1. The van der Waals surface area contributed by atoms with Gasteiger partial charge >= 0.3 is 0 Å². The van der Waals surface area contributed by atoms with Gasteiger partial charge in [-0.15, -0.1) is 0 Å². The van der Waals surface area contributed by atoms with Gasteiger partial charge in [-0.1, -0.05) is 32.9 Å². The van der Waals surface area contributed by atoms with Gasteiger partial charge in [0.15, 0.2) is 5.82 Å². The highest BCUT2D eigenvalue weighted by atomic mass is 32.2. The van der Waals surface area contributed by atoms with E-state index < -0.39 is 9.73 Å². The lowest BCUT2D eigenvalue weighted by atomic mass is 9.91. The maximum atomic E-state index is 13.6. The number of nitrogens with two attached hydrogens (primary N) is 1. The fourth-order valence-corrected chi connectivity index (χ4v) is 4.78. The van der Waals surface area contributed by atoms with Crippen molar-refractivity contribution in [1.82, 2.24) is 4.98 Å². The van der Waals surface area contributed by atoms with Crippen LogP contribution in [-0.2, 0) is 9.73 Å². The smallest absolute Gasteiger partial charge is 0.169 e. The molecule has 7 heteroatoms. The van der Waals surface area contributed by atoms with Crippen molar-refractivity contribution in [3.63, 3.8) is 0 Å². The number of nitrogen functional groups attached to an aromatic ring is 1. The van der Waals surface area contributed by atoms with Crippen molar-refractivity contribution in [2.24, 2.45) is 4.36 Å². The predicted octanol–water partition coefficient (Wildman–Crippen LogP) is 6.52. The minimum Gasteiger partial charge on any atom is -0.398 e. The fraction of sp³-hybridized carbons (Fsp3) is 0.333. The number of halogens is 1. The summed E-state index contributed by atoms with van der Waals surface area (Å²) in [6.07, 6.45) is 3.60. The number of rotatable bonds is 6. The van der Waals surface area contributed by atoms with E-state index in [1.54, 1.807) is 24.5 Å². The van der Waals surface area contributed by atoms with Crippen LogP contribution < -0.4 is 5.73 Å². The van der Waals surface area contributed by atoms with Crippen molar-refractivity contribution in [2.75, 3.05) is 12.0 Å². The van der Waals surface area contributed by atoms with Gasteiger partial charge in [0.1, 0.15) is 5.82 Å². The van der Waals surface area contributed by atoms with Crippen molar-refractivity contribution >= 4 is 38.2 Å². The number of benzene rings is 2. The van der Waals surface area contributed by atoms with Crippen LogP contribution in [0.5, 0.6) is 0 Å². The molecule has 0 aliphatic carbocycles. The Kier molecular flexibility index (Phi) is 6.46. The summed E-state index contributed by atoms with van der Waals surface area (Å²) in [6.45, 7) is 7.96. The Hall–Kier alpha value is -2.80. The molecular weight excluding hydrogens is 411 g/mol.